The number of carbonyl (C=O) groups is 1. The number of rotatable bonds is 7. The molecule has 2 fully saturated rings. The molecule has 1 saturated heterocycles. The van der Waals surface area contributed by atoms with Crippen LogP contribution < -0.4 is 5.32 Å². The molecule has 20 heavy (non-hydrogen) atoms. The monoisotopic (exact) mass is 282 g/mol. The van der Waals surface area contributed by atoms with E-state index in [1.54, 1.807) is 0 Å². The third kappa shape index (κ3) is 3.95. The summed E-state index contributed by atoms with van der Waals surface area (Å²) in [6, 6.07) is 0.537. The van der Waals surface area contributed by atoms with Gasteiger partial charge >= 0.3 is 5.97 Å². The normalized spacial score (nSPS) is 26.0. The lowest BCUT2D eigenvalue weighted by atomic mass is 9.96. The van der Waals surface area contributed by atoms with Gasteiger partial charge in [0.25, 0.3) is 0 Å². The Kier molecular flexibility index (Phi) is 6.30. The van der Waals surface area contributed by atoms with Gasteiger partial charge in [-0.15, -0.1) is 0 Å². The van der Waals surface area contributed by atoms with E-state index in [1.807, 2.05) is 13.8 Å². The fraction of sp³-hybridized carbons (Fsp3) is 0.938. The van der Waals surface area contributed by atoms with Gasteiger partial charge in [-0.2, -0.15) is 0 Å². The summed E-state index contributed by atoms with van der Waals surface area (Å²) >= 11 is 0. The van der Waals surface area contributed by atoms with Gasteiger partial charge < -0.3 is 10.1 Å². The molecule has 1 heterocycles. The van der Waals surface area contributed by atoms with Crippen molar-refractivity contribution in [2.75, 3.05) is 26.2 Å². The summed E-state index contributed by atoms with van der Waals surface area (Å²) in [7, 11) is 0. The van der Waals surface area contributed by atoms with E-state index in [1.165, 1.54) is 38.5 Å². The zero-order valence-electron chi connectivity index (χ0n) is 13.1. The maximum absolute atomic E-state index is 12.0. The summed E-state index contributed by atoms with van der Waals surface area (Å²) in [6.45, 7) is 7.15. The van der Waals surface area contributed by atoms with Crippen LogP contribution in [-0.4, -0.2) is 49.2 Å². The van der Waals surface area contributed by atoms with Crippen molar-refractivity contribution in [1.82, 2.24) is 10.2 Å². The van der Waals surface area contributed by atoms with E-state index in [4.69, 9.17) is 4.74 Å². The average molecular weight is 282 g/mol. The molecule has 0 amide bonds. The van der Waals surface area contributed by atoms with Gasteiger partial charge in [-0.3, -0.25) is 9.69 Å². The molecule has 1 saturated carbocycles. The van der Waals surface area contributed by atoms with E-state index < -0.39 is 0 Å². The Hall–Kier alpha value is -0.610. The maximum atomic E-state index is 12.0. The van der Waals surface area contributed by atoms with Crippen LogP contribution in [0.25, 0.3) is 0 Å². The smallest absolute Gasteiger partial charge is 0.324 e. The van der Waals surface area contributed by atoms with E-state index in [2.05, 4.69) is 10.2 Å². The van der Waals surface area contributed by atoms with Gasteiger partial charge in [0.05, 0.1) is 6.61 Å². The predicted molar refractivity (Wildman–Crippen MR) is 80.7 cm³/mol. The number of ether oxygens (including phenoxy) is 1. The second-order valence-corrected chi connectivity index (χ2v) is 6.11. The Morgan fingerprint density at radius 3 is 2.65 bits per heavy atom. The highest BCUT2D eigenvalue weighted by atomic mass is 16.5. The minimum absolute atomic E-state index is 0.0913. The van der Waals surface area contributed by atoms with Crippen LogP contribution in [0.2, 0.25) is 0 Å². The molecule has 2 aliphatic rings. The molecule has 0 radical (unpaired) electrons. The molecule has 116 valence electrons. The zero-order valence-corrected chi connectivity index (χ0v) is 13.1. The first-order valence-electron chi connectivity index (χ1n) is 8.40. The van der Waals surface area contributed by atoms with Crippen molar-refractivity contribution in [3.8, 4) is 0 Å². The lowest BCUT2D eigenvalue weighted by Gasteiger charge is -2.31. The highest BCUT2D eigenvalue weighted by Gasteiger charge is 2.35. The fourth-order valence-electron chi connectivity index (χ4n) is 3.90. The summed E-state index contributed by atoms with van der Waals surface area (Å²) < 4.78 is 5.20. The highest BCUT2D eigenvalue weighted by Crippen LogP contribution is 2.35. The standard InChI is InChI=1S/C16H30N2O2/c1-3-17-14(16(19)20-4-2)12-18-11-7-10-15(18)13-8-5-6-9-13/h13-15,17H,3-12H2,1-2H3. The predicted octanol–water partition coefficient (Wildman–Crippen LogP) is 2.18. The third-order valence-corrected chi connectivity index (χ3v) is 4.80. The van der Waals surface area contributed by atoms with E-state index in [0.29, 0.717) is 12.6 Å². The Bertz CT molecular complexity index is 303. The number of carbonyl (C=O) groups excluding carboxylic acids is 1. The van der Waals surface area contributed by atoms with Crippen LogP contribution in [0.3, 0.4) is 0 Å². The first-order valence-corrected chi connectivity index (χ1v) is 8.40. The molecule has 2 unspecified atom stereocenters. The number of nitrogens with zero attached hydrogens (tertiary/aromatic N) is 1. The molecule has 4 heteroatoms. The number of hydrogen-bond acceptors (Lipinski definition) is 4. The van der Waals surface area contributed by atoms with Crippen LogP contribution >= 0.6 is 0 Å². The van der Waals surface area contributed by atoms with Crippen molar-refractivity contribution in [2.24, 2.45) is 5.92 Å². The molecular weight excluding hydrogens is 252 g/mol. The number of likely N-dealkylation sites (N-methyl/N-ethyl adjacent to an activating group) is 1. The van der Waals surface area contributed by atoms with Crippen molar-refractivity contribution < 1.29 is 9.53 Å². The molecular formula is C16H30N2O2. The minimum Gasteiger partial charge on any atom is -0.465 e. The van der Waals surface area contributed by atoms with Crippen LogP contribution in [0, 0.1) is 5.92 Å². The Morgan fingerprint density at radius 1 is 1.25 bits per heavy atom. The SMILES string of the molecule is CCNC(CN1CCCC1C1CCCC1)C(=O)OCC. The van der Waals surface area contributed by atoms with Gasteiger partial charge in [-0.25, -0.2) is 0 Å². The number of likely N-dealkylation sites (tertiary alicyclic amines) is 1. The molecule has 0 aromatic rings. The summed E-state index contributed by atoms with van der Waals surface area (Å²) in [5.74, 6) is 0.772. The van der Waals surface area contributed by atoms with E-state index in [0.717, 1.165) is 25.6 Å². The first kappa shape index (κ1) is 15.8. The zero-order chi connectivity index (χ0) is 14.4. The van der Waals surface area contributed by atoms with E-state index in [9.17, 15) is 4.79 Å². The second-order valence-electron chi connectivity index (χ2n) is 6.11. The number of nitrogens with one attached hydrogen (secondary N) is 1. The molecule has 0 aromatic heterocycles. The third-order valence-electron chi connectivity index (χ3n) is 4.80. The van der Waals surface area contributed by atoms with E-state index in [-0.39, 0.29) is 12.0 Å². The average Bonchev–Trinajstić information content (AvgIpc) is 3.08. The second kappa shape index (κ2) is 7.99. The minimum atomic E-state index is -0.165. The molecule has 1 aliphatic carbocycles. The summed E-state index contributed by atoms with van der Waals surface area (Å²) in [4.78, 5) is 14.6. The maximum Gasteiger partial charge on any atom is 0.324 e. The van der Waals surface area contributed by atoms with Crippen molar-refractivity contribution in [1.29, 1.82) is 0 Å². The lowest BCUT2D eigenvalue weighted by Crippen LogP contribution is -2.49. The fourth-order valence-corrected chi connectivity index (χ4v) is 3.90. The molecule has 0 spiro atoms. The molecule has 1 N–H and O–H groups in total. The molecule has 2 rings (SSSR count). The molecule has 1 aliphatic heterocycles. The van der Waals surface area contributed by atoms with Gasteiger partial charge in [0, 0.05) is 12.6 Å². The topological polar surface area (TPSA) is 41.6 Å². The van der Waals surface area contributed by atoms with E-state index >= 15 is 0 Å². The van der Waals surface area contributed by atoms with Crippen LogP contribution in [0.5, 0.6) is 0 Å². The van der Waals surface area contributed by atoms with Gasteiger partial charge in [0.2, 0.25) is 0 Å². The quantitative estimate of drug-likeness (QED) is 0.727. The molecule has 0 aromatic carbocycles. The first-order chi connectivity index (χ1) is 9.76. The highest BCUT2D eigenvalue weighted by molar-refractivity contribution is 5.76. The van der Waals surface area contributed by atoms with Gasteiger partial charge in [-0.1, -0.05) is 19.8 Å². The largest absolute Gasteiger partial charge is 0.465 e. The van der Waals surface area contributed by atoms with Crippen molar-refractivity contribution in [3.63, 3.8) is 0 Å². The van der Waals surface area contributed by atoms with Crippen LogP contribution in [0.15, 0.2) is 0 Å². The molecule has 0 bridgehead atoms. The Morgan fingerprint density at radius 2 is 2.00 bits per heavy atom. The number of esters is 1. The summed E-state index contributed by atoms with van der Waals surface area (Å²) in [5, 5.41) is 3.29. The molecule has 4 nitrogen and oxygen atoms in total. The number of hydrogen-bond donors (Lipinski definition) is 1. The van der Waals surface area contributed by atoms with Crippen molar-refractivity contribution in [2.45, 2.75) is 64.5 Å². The van der Waals surface area contributed by atoms with Gasteiger partial charge in [0.15, 0.2) is 0 Å². The lowest BCUT2D eigenvalue weighted by molar-refractivity contribution is -0.146. The summed E-state index contributed by atoms with van der Waals surface area (Å²) in [6.07, 6.45) is 8.14. The van der Waals surface area contributed by atoms with Crippen LogP contribution in [-0.2, 0) is 9.53 Å². The summed E-state index contributed by atoms with van der Waals surface area (Å²) in [5.41, 5.74) is 0. The molecule has 2 atom stereocenters. The van der Waals surface area contributed by atoms with Crippen LogP contribution in [0.4, 0.5) is 0 Å². The van der Waals surface area contributed by atoms with Gasteiger partial charge in [-0.05, 0) is 51.6 Å². The Balaban J connectivity index is 1.92. The van der Waals surface area contributed by atoms with Crippen molar-refractivity contribution >= 4 is 5.97 Å². The van der Waals surface area contributed by atoms with Crippen molar-refractivity contribution in [3.05, 3.63) is 0 Å². The Labute approximate surface area is 123 Å². The van der Waals surface area contributed by atoms with Crippen LogP contribution in [0.1, 0.15) is 52.4 Å². The van der Waals surface area contributed by atoms with Gasteiger partial charge in [0.1, 0.15) is 6.04 Å².